The van der Waals surface area contributed by atoms with Crippen LogP contribution in [0.15, 0.2) is 18.2 Å². The number of aryl methyl sites for hydroxylation is 2. The number of anilines is 1. The topological polar surface area (TPSA) is 73.2 Å². The van der Waals surface area contributed by atoms with Crippen LogP contribution < -0.4 is 5.32 Å². The molecule has 0 fully saturated rings. The van der Waals surface area contributed by atoms with Crippen molar-refractivity contribution in [3.63, 3.8) is 0 Å². The Kier molecular flexibility index (Phi) is 5.74. The highest BCUT2D eigenvalue weighted by Crippen LogP contribution is 2.37. The van der Waals surface area contributed by atoms with Gasteiger partial charge in [0.15, 0.2) is 0 Å². The minimum Gasteiger partial charge on any atom is -0.465 e. The maximum absolute atomic E-state index is 12.3. The zero-order chi connectivity index (χ0) is 19.7. The summed E-state index contributed by atoms with van der Waals surface area (Å²) in [6, 6.07) is 5.31. The lowest BCUT2D eigenvalue weighted by Crippen LogP contribution is -2.15. The normalized spacial score (nSPS) is 11.0. The first kappa shape index (κ1) is 19.7. The predicted molar refractivity (Wildman–Crippen MR) is 108 cm³/mol. The summed E-state index contributed by atoms with van der Waals surface area (Å²) in [4.78, 5) is 24.4. The average Bonchev–Trinajstić information content (AvgIpc) is 3.10. The molecule has 1 amide bonds. The van der Waals surface area contributed by atoms with Crippen molar-refractivity contribution in [2.24, 2.45) is 0 Å². The van der Waals surface area contributed by atoms with Gasteiger partial charge in [0.1, 0.15) is 4.88 Å². The highest BCUT2D eigenvalue weighted by molar-refractivity contribution is 7.21. The van der Waals surface area contributed by atoms with Crippen molar-refractivity contribution in [2.45, 2.75) is 26.8 Å². The summed E-state index contributed by atoms with van der Waals surface area (Å²) in [7, 11) is 1.31. The Labute approximate surface area is 170 Å². The second-order valence-electron chi connectivity index (χ2n) is 5.95. The number of halogens is 2. The van der Waals surface area contributed by atoms with Gasteiger partial charge in [0.25, 0.3) is 0 Å². The van der Waals surface area contributed by atoms with Gasteiger partial charge in [-0.3, -0.25) is 9.48 Å². The molecule has 9 heteroatoms. The summed E-state index contributed by atoms with van der Waals surface area (Å²) in [6.45, 7) is 4.13. The van der Waals surface area contributed by atoms with Gasteiger partial charge in [-0.1, -0.05) is 23.2 Å². The van der Waals surface area contributed by atoms with Crippen LogP contribution >= 0.6 is 34.5 Å². The Morgan fingerprint density at radius 1 is 1.26 bits per heavy atom. The van der Waals surface area contributed by atoms with E-state index in [4.69, 9.17) is 27.9 Å². The number of carbonyl (C=O) groups is 2. The van der Waals surface area contributed by atoms with Crippen LogP contribution in [0.25, 0.3) is 10.1 Å². The van der Waals surface area contributed by atoms with Crippen molar-refractivity contribution < 1.29 is 14.3 Å². The number of thiophene rings is 1. The van der Waals surface area contributed by atoms with E-state index < -0.39 is 5.97 Å². The molecule has 0 aliphatic heterocycles. The smallest absolute Gasteiger partial charge is 0.349 e. The molecule has 0 unspecified atom stereocenters. The Hall–Kier alpha value is -2.09. The fourth-order valence-electron chi connectivity index (χ4n) is 2.69. The van der Waals surface area contributed by atoms with Gasteiger partial charge < -0.3 is 10.1 Å². The Morgan fingerprint density at radius 3 is 2.63 bits per heavy atom. The van der Waals surface area contributed by atoms with Crippen molar-refractivity contribution in [1.29, 1.82) is 0 Å². The molecule has 2 heterocycles. The maximum Gasteiger partial charge on any atom is 0.349 e. The molecule has 2 aromatic heterocycles. The SMILES string of the molecule is COC(=O)c1sc2cc(NC(=O)CCn3nc(C)c(Cl)c3C)ccc2c1Cl. The molecular weight excluding hydrogens is 409 g/mol. The van der Waals surface area contributed by atoms with Crippen LogP contribution in [0.5, 0.6) is 0 Å². The minimum absolute atomic E-state index is 0.145. The number of ether oxygens (including phenoxy) is 1. The standard InChI is InChI=1S/C18H17Cl2N3O3S/c1-9-15(19)10(2)23(22-9)7-6-14(24)21-11-4-5-12-13(8-11)27-17(16(12)20)18(25)26-3/h4-5,8H,6-7H2,1-3H3,(H,21,24). The van der Waals surface area contributed by atoms with Gasteiger partial charge in [-0.25, -0.2) is 4.79 Å². The van der Waals surface area contributed by atoms with Crippen LogP contribution in [0, 0.1) is 13.8 Å². The number of amides is 1. The van der Waals surface area contributed by atoms with E-state index in [9.17, 15) is 9.59 Å². The molecule has 3 rings (SSSR count). The van der Waals surface area contributed by atoms with E-state index in [-0.39, 0.29) is 12.3 Å². The number of carbonyl (C=O) groups excluding carboxylic acids is 2. The molecule has 6 nitrogen and oxygen atoms in total. The lowest BCUT2D eigenvalue weighted by atomic mass is 10.2. The molecule has 0 aliphatic rings. The third kappa shape index (κ3) is 3.95. The molecule has 0 saturated heterocycles. The van der Waals surface area contributed by atoms with Crippen molar-refractivity contribution >= 4 is 62.2 Å². The van der Waals surface area contributed by atoms with E-state index in [1.165, 1.54) is 18.4 Å². The highest BCUT2D eigenvalue weighted by Gasteiger charge is 2.18. The van der Waals surface area contributed by atoms with Crippen molar-refractivity contribution in [1.82, 2.24) is 9.78 Å². The van der Waals surface area contributed by atoms with E-state index in [1.54, 1.807) is 22.9 Å². The largest absolute Gasteiger partial charge is 0.465 e. The number of rotatable bonds is 5. The van der Waals surface area contributed by atoms with Crippen LogP contribution in [0.3, 0.4) is 0 Å². The van der Waals surface area contributed by atoms with Gasteiger partial charge >= 0.3 is 5.97 Å². The second-order valence-corrected chi connectivity index (χ2v) is 7.76. The van der Waals surface area contributed by atoms with Gasteiger partial charge in [0.05, 0.1) is 35.1 Å². The predicted octanol–water partition coefficient (Wildman–Crippen LogP) is 4.84. The molecule has 0 saturated carbocycles. The number of nitrogens with zero attached hydrogens (tertiary/aromatic N) is 2. The number of fused-ring (bicyclic) bond motifs is 1. The zero-order valence-corrected chi connectivity index (χ0v) is 17.3. The first-order valence-corrected chi connectivity index (χ1v) is 9.68. The minimum atomic E-state index is -0.477. The van der Waals surface area contributed by atoms with Crippen LogP contribution in [-0.4, -0.2) is 28.8 Å². The van der Waals surface area contributed by atoms with Crippen molar-refractivity contribution in [3.8, 4) is 0 Å². The monoisotopic (exact) mass is 425 g/mol. The lowest BCUT2D eigenvalue weighted by molar-refractivity contribution is -0.116. The molecule has 0 radical (unpaired) electrons. The van der Waals surface area contributed by atoms with Crippen molar-refractivity contribution in [2.75, 3.05) is 12.4 Å². The van der Waals surface area contributed by atoms with Gasteiger partial charge in [0.2, 0.25) is 5.91 Å². The fourth-order valence-corrected chi connectivity index (χ4v) is 4.29. The zero-order valence-electron chi connectivity index (χ0n) is 14.9. The molecule has 1 N–H and O–H groups in total. The second kappa shape index (κ2) is 7.88. The molecule has 0 atom stereocenters. The van der Waals surface area contributed by atoms with E-state index in [0.717, 1.165) is 21.5 Å². The van der Waals surface area contributed by atoms with E-state index in [2.05, 4.69) is 10.4 Å². The van der Waals surface area contributed by atoms with Gasteiger partial charge in [0, 0.05) is 22.2 Å². The summed E-state index contributed by atoms with van der Waals surface area (Å²) in [5, 5.41) is 8.90. The number of aromatic nitrogens is 2. The summed E-state index contributed by atoms with van der Waals surface area (Å²) < 4.78 is 7.25. The Balaban J connectivity index is 1.71. The molecule has 27 heavy (non-hydrogen) atoms. The molecule has 142 valence electrons. The summed E-state index contributed by atoms with van der Waals surface area (Å²) in [6.07, 6.45) is 0.259. The number of methoxy groups -OCH3 is 1. The number of hydrogen-bond acceptors (Lipinski definition) is 5. The van der Waals surface area contributed by atoms with E-state index in [0.29, 0.717) is 27.2 Å². The lowest BCUT2D eigenvalue weighted by Gasteiger charge is -2.07. The third-order valence-corrected chi connectivity index (χ3v) is 6.31. The number of nitrogens with one attached hydrogen (secondary N) is 1. The fraction of sp³-hybridized carbons (Fsp3) is 0.278. The summed E-state index contributed by atoms with van der Waals surface area (Å²) >= 11 is 13.6. The van der Waals surface area contributed by atoms with Crippen LogP contribution in [0.4, 0.5) is 5.69 Å². The number of esters is 1. The van der Waals surface area contributed by atoms with Crippen LogP contribution in [0.2, 0.25) is 10.0 Å². The average molecular weight is 426 g/mol. The number of benzene rings is 1. The molecule has 3 aromatic rings. The van der Waals surface area contributed by atoms with Crippen molar-refractivity contribution in [3.05, 3.63) is 44.5 Å². The molecular formula is C18H17Cl2N3O3S. The first-order chi connectivity index (χ1) is 12.8. The van der Waals surface area contributed by atoms with E-state index >= 15 is 0 Å². The maximum atomic E-state index is 12.3. The molecule has 0 aliphatic carbocycles. The first-order valence-electron chi connectivity index (χ1n) is 8.11. The molecule has 0 spiro atoms. The molecule has 1 aromatic carbocycles. The molecule has 0 bridgehead atoms. The van der Waals surface area contributed by atoms with E-state index in [1.807, 2.05) is 13.8 Å². The Morgan fingerprint density at radius 2 is 2.00 bits per heavy atom. The highest BCUT2D eigenvalue weighted by atomic mass is 35.5. The van der Waals surface area contributed by atoms with Gasteiger partial charge in [-0.2, -0.15) is 5.10 Å². The summed E-state index contributed by atoms with van der Waals surface area (Å²) in [5.74, 6) is -0.621. The van der Waals surface area contributed by atoms with Gasteiger partial charge in [-0.05, 0) is 32.0 Å². The van der Waals surface area contributed by atoms with Gasteiger partial charge in [-0.15, -0.1) is 11.3 Å². The van der Waals surface area contributed by atoms with Crippen LogP contribution in [-0.2, 0) is 16.1 Å². The number of hydrogen-bond donors (Lipinski definition) is 1. The third-order valence-electron chi connectivity index (χ3n) is 4.13. The quantitative estimate of drug-likeness (QED) is 0.593. The summed E-state index contributed by atoms with van der Waals surface area (Å²) in [5.41, 5.74) is 2.22. The van der Waals surface area contributed by atoms with Crippen LogP contribution in [0.1, 0.15) is 27.5 Å². The Bertz CT molecular complexity index is 1040.